The molecule has 128 valence electrons. The number of rotatable bonds is 5. The molecule has 0 aliphatic rings. The van der Waals surface area contributed by atoms with E-state index in [-0.39, 0.29) is 21.6 Å². The smallest absolute Gasteiger partial charge is 0.255 e. The zero-order chi connectivity index (χ0) is 17.8. The monoisotopic (exact) mass is 393 g/mol. The van der Waals surface area contributed by atoms with Gasteiger partial charge in [-0.05, 0) is 36.4 Å². The number of hydrogen-bond donors (Lipinski definition) is 2. The first-order chi connectivity index (χ1) is 12.0. The summed E-state index contributed by atoms with van der Waals surface area (Å²) >= 11 is 13.4. The van der Waals surface area contributed by atoms with Crippen molar-refractivity contribution in [2.45, 2.75) is 6.61 Å². The first-order valence-electron chi connectivity index (χ1n) is 7.19. The summed E-state index contributed by atoms with van der Waals surface area (Å²) in [6.45, 7) is 0.386. The van der Waals surface area contributed by atoms with Gasteiger partial charge in [0.15, 0.2) is 0 Å². The quantitative estimate of drug-likeness (QED) is 0.606. The SMILES string of the molecule is Nc1c(Cl)cc(NC(=O)c2ccc(OCc3cscn3)cc2)cc1Cl. The number of ether oxygens (including phenoxy) is 1. The van der Waals surface area contributed by atoms with E-state index in [1.54, 1.807) is 41.9 Å². The first-order valence-corrected chi connectivity index (χ1v) is 8.88. The van der Waals surface area contributed by atoms with Crippen molar-refractivity contribution in [3.05, 3.63) is 68.6 Å². The largest absolute Gasteiger partial charge is 0.487 e. The lowest BCUT2D eigenvalue weighted by Gasteiger charge is -2.09. The van der Waals surface area contributed by atoms with Crippen molar-refractivity contribution < 1.29 is 9.53 Å². The fourth-order valence-electron chi connectivity index (χ4n) is 2.03. The third kappa shape index (κ3) is 4.42. The van der Waals surface area contributed by atoms with Gasteiger partial charge in [0, 0.05) is 16.6 Å². The van der Waals surface area contributed by atoms with Crippen LogP contribution in [0.25, 0.3) is 0 Å². The van der Waals surface area contributed by atoms with Gasteiger partial charge in [-0.1, -0.05) is 23.2 Å². The molecule has 0 fully saturated rings. The Kier molecular flexibility index (Phi) is 5.43. The Balaban J connectivity index is 1.64. The lowest BCUT2D eigenvalue weighted by Crippen LogP contribution is -2.12. The molecular formula is C17H13Cl2N3O2S. The van der Waals surface area contributed by atoms with Crippen LogP contribution in [0.3, 0.4) is 0 Å². The van der Waals surface area contributed by atoms with E-state index in [9.17, 15) is 4.79 Å². The van der Waals surface area contributed by atoms with Crippen LogP contribution >= 0.6 is 34.5 Å². The van der Waals surface area contributed by atoms with E-state index in [4.69, 9.17) is 33.7 Å². The Morgan fingerprint density at radius 1 is 1.20 bits per heavy atom. The van der Waals surface area contributed by atoms with Crippen LogP contribution in [0.15, 0.2) is 47.3 Å². The van der Waals surface area contributed by atoms with Crippen LogP contribution in [-0.4, -0.2) is 10.9 Å². The van der Waals surface area contributed by atoms with Gasteiger partial charge in [0.05, 0.1) is 26.9 Å². The van der Waals surface area contributed by atoms with E-state index in [1.165, 1.54) is 11.3 Å². The zero-order valence-corrected chi connectivity index (χ0v) is 15.2. The molecule has 0 bridgehead atoms. The third-order valence-corrected chi connectivity index (χ3v) is 4.58. The Hall–Kier alpha value is -2.28. The predicted octanol–water partition coefficient (Wildman–Crippen LogP) is 4.86. The topological polar surface area (TPSA) is 77.2 Å². The number of amides is 1. The van der Waals surface area contributed by atoms with Gasteiger partial charge in [-0.3, -0.25) is 4.79 Å². The molecule has 5 nitrogen and oxygen atoms in total. The highest BCUT2D eigenvalue weighted by molar-refractivity contribution is 7.07. The van der Waals surface area contributed by atoms with Crippen molar-refractivity contribution in [2.24, 2.45) is 0 Å². The van der Waals surface area contributed by atoms with E-state index in [2.05, 4.69) is 10.3 Å². The number of nitrogens with two attached hydrogens (primary N) is 1. The number of carbonyl (C=O) groups is 1. The third-order valence-electron chi connectivity index (χ3n) is 3.32. The number of nitrogens with one attached hydrogen (secondary N) is 1. The Morgan fingerprint density at radius 2 is 1.88 bits per heavy atom. The van der Waals surface area contributed by atoms with Crippen LogP contribution in [0, 0.1) is 0 Å². The second-order valence-corrected chi connectivity index (χ2v) is 6.63. The van der Waals surface area contributed by atoms with Crippen LogP contribution < -0.4 is 15.8 Å². The number of halogens is 2. The summed E-state index contributed by atoms with van der Waals surface area (Å²) in [6, 6.07) is 9.89. The fraction of sp³-hybridized carbons (Fsp3) is 0.0588. The lowest BCUT2D eigenvalue weighted by atomic mass is 10.2. The summed E-state index contributed by atoms with van der Waals surface area (Å²) in [4.78, 5) is 16.4. The molecule has 0 saturated carbocycles. The normalized spacial score (nSPS) is 10.5. The number of nitrogen functional groups attached to an aromatic ring is 1. The molecule has 0 spiro atoms. The Labute approximate surface area is 158 Å². The average Bonchev–Trinajstić information content (AvgIpc) is 3.12. The van der Waals surface area contributed by atoms with Crippen LogP contribution in [-0.2, 0) is 6.61 Å². The molecule has 0 saturated heterocycles. The second-order valence-electron chi connectivity index (χ2n) is 5.10. The molecule has 1 aromatic heterocycles. The summed E-state index contributed by atoms with van der Waals surface area (Å²) in [5.41, 5.74) is 9.52. The molecule has 3 N–H and O–H groups in total. The molecule has 0 aliphatic heterocycles. The zero-order valence-electron chi connectivity index (χ0n) is 12.8. The van der Waals surface area contributed by atoms with E-state index in [0.717, 1.165) is 5.69 Å². The van der Waals surface area contributed by atoms with Crippen LogP contribution in [0.4, 0.5) is 11.4 Å². The number of carbonyl (C=O) groups excluding carboxylic acids is 1. The minimum Gasteiger partial charge on any atom is -0.487 e. The maximum Gasteiger partial charge on any atom is 0.255 e. The highest BCUT2D eigenvalue weighted by Crippen LogP contribution is 2.31. The molecule has 0 unspecified atom stereocenters. The summed E-state index contributed by atoms with van der Waals surface area (Å²) < 4.78 is 5.61. The van der Waals surface area contributed by atoms with E-state index in [0.29, 0.717) is 23.6 Å². The van der Waals surface area contributed by atoms with Gasteiger partial charge in [-0.2, -0.15) is 0 Å². The minimum atomic E-state index is -0.289. The lowest BCUT2D eigenvalue weighted by molar-refractivity contribution is 0.102. The van der Waals surface area contributed by atoms with Crippen molar-refractivity contribution in [3.8, 4) is 5.75 Å². The highest BCUT2D eigenvalue weighted by Gasteiger charge is 2.10. The average molecular weight is 394 g/mol. The molecule has 3 rings (SSSR count). The van der Waals surface area contributed by atoms with Gasteiger partial charge in [0.25, 0.3) is 5.91 Å². The predicted molar refractivity (Wildman–Crippen MR) is 102 cm³/mol. The molecule has 2 aromatic carbocycles. The number of thiazole rings is 1. The summed E-state index contributed by atoms with van der Waals surface area (Å²) in [6.07, 6.45) is 0. The molecule has 0 atom stereocenters. The van der Waals surface area contributed by atoms with Gasteiger partial charge in [0.2, 0.25) is 0 Å². The molecule has 1 heterocycles. The Morgan fingerprint density at radius 3 is 2.48 bits per heavy atom. The molecular weight excluding hydrogens is 381 g/mol. The number of benzene rings is 2. The van der Waals surface area contributed by atoms with Gasteiger partial charge < -0.3 is 15.8 Å². The maximum absolute atomic E-state index is 12.3. The number of hydrogen-bond acceptors (Lipinski definition) is 5. The van der Waals surface area contributed by atoms with E-state index in [1.807, 2.05) is 5.38 Å². The van der Waals surface area contributed by atoms with Crippen molar-refractivity contribution in [3.63, 3.8) is 0 Å². The van der Waals surface area contributed by atoms with Gasteiger partial charge >= 0.3 is 0 Å². The molecule has 8 heteroatoms. The van der Waals surface area contributed by atoms with E-state index >= 15 is 0 Å². The van der Waals surface area contributed by atoms with Crippen LogP contribution in [0.1, 0.15) is 16.1 Å². The number of nitrogens with zero attached hydrogens (tertiary/aromatic N) is 1. The maximum atomic E-state index is 12.3. The van der Waals surface area contributed by atoms with Crippen LogP contribution in [0.2, 0.25) is 10.0 Å². The first kappa shape index (κ1) is 17.5. The number of anilines is 2. The molecule has 0 aliphatic carbocycles. The van der Waals surface area contributed by atoms with Gasteiger partial charge in [0.1, 0.15) is 12.4 Å². The summed E-state index contributed by atoms with van der Waals surface area (Å²) in [5, 5.41) is 5.22. The molecule has 25 heavy (non-hydrogen) atoms. The fourth-order valence-corrected chi connectivity index (χ4v) is 3.06. The van der Waals surface area contributed by atoms with Gasteiger partial charge in [-0.25, -0.2) is 4.98 Å². The molecule has 0 radical (unpaired) electrons. The number of aromatic nitrogens is 1. The summed E-state index contributed by atoms with van der Waals surface area (Å²) in [7, 11) is 0. The van der Waals surface area contributed by atoms with Crippen molar-refractivity contribution in [2.75, 3.05) is 11.1 Å². The second kappa shape index (κ2) is 7.74. The summed E-state index contributed by atoms with van der Waals surface area (Å²) in [5.74, 6) is 0.367. The van der Waals surface area contributed by atoms with Gasteiger partial charge in [-0.15, -0.1) is 11.3 Å². The van der Waals surface area contributed by atoms with Crippen molar-refractivity contribution in [1.29, 1.82) is 0 Å². The molecule has 3 aromatic rings. The van der Waals surface area contributed by atoms with Crippen molar-refractivity contribution in [1.82, 2.24) is 4.98 Å². The van der Waals surface area contributed by atoms with E-state index < -0.39 is 0 Å². The Bertz CT molecular complexity index is 860. The minimum absolute atomic E-state index is 0.281. The van der Waals surface area contributed by atoms with Crippen LogP contribution in [0.5, 0.6) is 5.75 Å². The standard InChI is InChI=1S/C17H13Cl2N3O2S/c18-14-5-11(6-15(19)16(14)20)22-17(23)10-1-3-13(4-2-10)24-7-12-8-25-9-21-12/h1-6,8-9H,7,20H2,(H,22,23). The molecule has 1 amide bonds. The van der Waals surface area contributed by atoms with Crippen molar-refractivity contribution >= 4 is 51.8 Å². The highest BCUT2D eigenvalue weighted by atomic mass is 35.5.